The summed E-state index contributed by atoms with van der Waals surface area (Å²) in [4.78, 5) is 12.9. The number of halogens is 2. The summed E-state index contributed by atoms with van der Waals surface area (Å²) in [6.45, 7) is 2.02. The van der Waals surface area contributed by atoms with Gasteiger partial charge >= 0.3 is 0 Å². The fourth-order valence-corrected chi connectivity index (χ4v) is 4.86. The summed E-state index contributed by atoms with van der Waals surface area (Å²) >= 11 is 12.8. The number of aryl methyl sites for hydroxylation is 2. The van der Waals surface area contributed by atoms with Crippen LogP contribution >= 0.6 is 23.2 Å². The van der Waals surface area contributed by atoms with Gasteiger partial charge in [-0.3, -0.25) is 0 Å². The number of pyridine rings is 2. The molecule has 0 fully saturated rings. The van der Waals surface area contributed by atoms with Crippen molar-refractivity contribution in [3.8, 4) is 11.1 Å². The second kappa shape index (κ2) is 8.27. The molecule has 5 aromatic rings. The van der Waals surface area contributed by atoms with Crippen molar-refractivity contribution in [1.29, 1.82) is 0 Å². The van der Waals surface area contributed by atoms with Gasteiger partial charge in [0, 0.05) is 24.2 Å². The molecule has 0 aliphatic heterocycles. The van der Waals surface area contributed by atoms with Crippen LogP contribution < -0.4 is 0 Å². The van der Waals surface area contributed by atoms with E-state index in [1.807, 2.05) is 62.5 Å². The van der Waals surface area contributed by atoms with Crippen molar-refractivity contribution in [2.24, 2.45) is 7.05 Å². The molecule has 1 atom stereocenters. The lowest BCUT2D eigenvalue weighted by molar-refractivity contribution is 0.117. The van der Waals surface area contributed by atoms with Crippen molar-refractivity contribution in [2.75, 3.05) is 0 Å². The molecular formula is C26H20Cl2N4O. The molecule has 0 saturated heterocycles. The number of hydrogen-bond donors (Lipinski definition) is 1. The first-order valence-electron chi connectivity index (χ1n) is 10.4. The third-order valence-corrected chi connectivity index (χ3v) is 6.49. The average molecular weight is 475 g/mol. The molecule has 164 valence electrons. The van der Waals surface area contributed by atoms with E-state index in [4.69, 9.17) is 23.2 Å². The molecule has 5 rings (SSSR count). The number of benzene rings is 2. The minimum Gasteiger partial charge on any atom is -0.374 e. The predicted octanol–water partition coefficient (Wildman–Crippen LogP) is 5.93. The summed E-state index contributed by atoms with van der Waals surface area (Å²) in [6.07, 6.45) is 4.89. The Balaban J connectivity index is 1.79. The molecule has 33 heavy (non-hydrogen) atoms. The van der Waals surface area contributed by atoms with E-state index in [-0.39, 0.29) is 0 Å². The van der Waals surface area contributed by atoms with Crippen LogP contribution in [0, 0.1) is 6.92 Å². The largest absolute Gasteiger partial charge is 0.374 e. The van der Waals surface area contributed by atoms with Crippen LogP contribution in [0.3, 0.4) is 0 Å². The van der Waals surface area contributed by atoms with Crippen LogP contribution in [0.25, 0.3) is 22.0 Å². The van der Waals surface area contributed by atoms with Crippen molar-refractivity contribution in [1.82, 2.24) is 19.5 Å². The molecule has 3 heterocycles. The van der Waals surface area contributed by atoms with Crippen LogP contribution in [0.15, 0.2) is 79.4 Å². The van der Waals surface area contributed by atoms with Crippen LogP contribution in [-0.4, -0.2) is 24.6 Å². The molecule has 1 N–H and O–H groups in total. The van der Waals surface area contributed by atoms with Gasteiger partial charge in [-0.25, -0.2) is 15.0 Å². The highest BCUT2D eigenvalue weighted by Gasteiger charge is 2.37. The minimum absolute atomic E-state index is 0.296. The Kier molecular flexibility index (Phi) is 5.41. The summed E-state index contributed by atoms with van der Waals surface area (Å²) in [5.41, 5.74) is 3.94. The van der Waals surface area contributed by atoms with E-state index in [2.05, 4.69) is 15.0 Å². The first-order valence-corrected chi connectivity index (χ1v) is 11.1. The lowest BCUT2D eigenvalue weighted by Gasteiger charge is -2.30. The summed E-state index contributed by atoms with van der Waals surface area (Å²) in [7, 11) is 1.84. The van der Waals surface area contributed by atoms with Crippen molar-refractivity contribution in [3.63, 3.8) is 0 Å². The van der Waals surface area contributed by atoms with Crippen LogP contribution in [-0.2, 0) is 12.6 Å². The lowest BCUT2D eigenvalue weighted by atomic mass is 9.83. The quantitative estimate of drug-likeness (QED) is 0.328. The number of fused-ring (bicyclic) bond motifs is 1. The monoisotopic (exact) mass is 474 g/mol. The molecule has 0 bridgehead atoms. The van der Waals surface area contributed by atoms with E-state index < -0.39 is 5.60 Å². The number of imidazole rings is 1. The number of nitrogens with zero attached hydrogens (tertiary/aromatic N) is 4. The summed E-state index contributed by atoms with van der Waals surface area (Å²) in [5, 5.41) is 13.9. The Bertz CT molecular complexity index is 1480. The van der Waals surface area contributed by atoms with Gasteiger partial charge in [-0.1, -0.05) is 59.6 Å². The summed E-state index contributed by atoms with van der Waals surface area (Å²) in [6, 6.07) is 19.0. The van der Waals surface area contributed by atoms with E-state index in [0.29, 0.717) is 27.1 Å². The highest BCUT2D eigenvalue weighted by molar-refractivity contribution is 6.33. The molecule has 0 spiro atoms. The van der Waals surface area contributed by atoms with Crippen molar-refractivity contribution < 1.29 is 5.11 Å². The van der Waals surface area contributed by atoms with Crippen LogP contribution in [0.5, 0.6) is 0 Å². The van der Waals surface area contributed by atoms with Crippen molar-refractivity contribution >= 4 is 34.1 Å². The van der Waals surface area contributed by atoms with Crippen molar-refractivity contribution in [2.45, 2.75) is 12.5 Å². The van der Waals surface area contributed by atoms with Gasteiger partial charge in [-0.05, 0) is 53.4 Å². The topological polar surface area (TPSA) is 63.8 Å². The van der Waals surface area contributed by atoms with E-state index in [0.717, 1.165) is 27.6 Å². The molecule has 7 heteroatoms. The normalized spacial score (nSPS) is 13.2. The van der Waals surface area contributed by atoms with Crippen LogP contribution in [0.1, 0.15) is 22.4 Å². The number of aliphatic hydroxyl groups is 1. The molecular weight excluding hydrogens is 455 g/mol. The number of hydrogen-bond acceptors (Lipinski definition) is 4. The SMILES string of the molecule is Cc1c(-c2ccccc2)c(Cl)nc2ccc(C(O)(c3ccnc(Cl)c3)c3cncn3C)cc12. The predicted molar refractivity (Wildman–Crippen MR) is 131 cm³/mol. The van der Waals surface area contributed by atoms with E-state index in [9.17, 15) is 5.11 Å². The van der Waals surface area contributed by atoms with Gasteiger partial charge in [0.1, 0.15) is 10.3 Å². The molecule has 0 amide bonds. The zero-order valence-electron chi connectivity index (χ0n) is 18.0. The van der Waals surface area contributed by atoms with E-state index in [1.165, 1.54) is 0 Å². The minimum atomic E-state index is -1.51. The lowest BCUT2D eigenvalue weighted by Crippen LogP contribution is -2.31. The second-order valence-electron chi connectivity index (χ2n) is 7.97. The van der Waals surface area contributed by atoms with Gasteiger partial charge in [0.15, 0.2) is 5.60 Å². The summed E-state index contributed by atoms with van der Waals surface area (Å²) < 4.78 is 1.79. The Hall–Kier alpha value is -3.25. The average Bonchev–Trinajstić information content (AvgIpc) is 3.25. The van der Waals surface area contributed by atoms with Crippen LogP contribution in [0.4, 0.5) is 0 Å². The number of rotatable bonds is 4. The van der Waals surface area contributed by atoms with Crippen LogP contribution in [0.2, 0.25) is 10.3 Å². The van der Waals surface area contributed by atoms with E-state index in [1.54, 1.807) is 35.4 Å². The maximum absolute atomic E-state index is 12.2. The van der Waals surface area contributed by atoms with Gasteiger partial charge < -0.3 is 9.67 Å². The molecule has 1 unspecified atom stereocenters. The van der Waals surface area contributed by atoms with Gasteiger partial charge in [-0.15, -0.1) is 0 Å². The first-order chi connectivity index (χ1) is 15.9. The smallest absolute Gasteiger partial charge is 0.157 e. The van der Waals surface area contributed by atoms with Gasteiger partial charge in [0.2, 0.25) is 0 Å². The molecule has 0 radical (unpaired) electrons. The molecule has 3 aromatic heterocycles. The molecule has 0 aliphatic rings. The Morgan fingerprint density at radius 2 is 1.73 bits per heavy atom. The maximum Gasteiger partial charge on any atom is 0.157 e. The van der Waals surface area contributed by atoms with Crippen molar-refractivity contribution in [3.05, 3.63) is 112 Å². The highest BCUT2D eigenvalue weighted by atomic mass is 35.5. The highest BCUT2D eigenvalue weighted by Crippen LogP contribution is 2.40. The Labute approximate surface area is 201 Å². The molecule has 0 aliphatic carbocycles. The number of aromatic nitrogens is 4. The fraction of sp³-hybridized carbons (Fsp3) is 0.115. The third kappa shape index (κ3) is 3.59. The summed E-state index contributed by atoms with van der Waals surface area (Å²) in [5.74, 6) is 0. The van der Waals surface area contributed by atoms with Gasteiger partial charge in [-0.2, -0.15) is 0 Å². The zero-order valence-corrected chi connectivity index (χ0v) is 19.5. The van der Waals surface area contributed by atoms with Gasteiger partial charge in [0.05, 0.1) is 23.7 Å². The van der Waals surface area contributed by atoms with E-state index >= 15 is 0 Å². The molecule has 0 saturated carbocycles. The molecule has 5 nitrogen and oxygen atoms in total. The first kappa shape index (κ1) is 21.6. The maximum atomic E-state index is 12.2. The fourth-order valence-electron chi connectivity index (χ4n) is 4.35. The standard InChI is InChI=1S/C26H20Cl2N4O/c1-16-20-12-18(8-9-21(20)31-25(28)24(16)17-6-4-3-5-7-17)26(33,22-14-29-15-32(22)2)19-10-11-30-23(27)13-19/h3-15,33H,1-2H3. The Morgan fingerprint density at radius 1 is 0.970 bits per heavy atom. The second-order valence-corrected chi connectivity index (χ2v) is 8.71. The van der Waals surface area contributed by atoms with Gasteiger partial charge in [0.25, 0.3) is 0 Å². The zero-order chi connectivity index (χ0) is 23.2. The Morgan fingerprint density at radius 3 is 2.42 bits per heavy atom. The third-order valence-electron chi connectivity index (χ3n) is 6.01. The molecule has 2 aromatic carbocycles.